The standard InChI is InChI=1S/C18H22FNO2/c19-8-10-20-9-7-18-6-2-1-3-14(18)16(20)17(22)13-5-4-12(21)11-15(13)18/h4-5,11,14,16,21H,1-3,6-10H2/t14-,16+,18-/m0/s1. The number of carbonyl (C=O) groups is 1. The maximum Gasteiger partial charge on any atom is 0.180 e. The van der Waals surface area contributed by atoms with Crippen LogP contribution in [0.25, 0.3) is 0 Å². The van der Waals surface area contributed by atoms with Gasteiger partial charge in [-0.2, -0.15) is 0 Å². The zero-order valence-electron chi connectivity index (χ0n) is 12.7. The number of piperidine rings is 1. The third-order valence-corrected chi connectivity index (χ3v) is 6.16. The van der Waals surface area contributed by atoms with E-state index in [0.29, 0.717) is 6.54 Å². The van der Waals surface area contributed by atoms with Gasteiger partial charge in [0.2, 0.25) is 0 Å². The van der Waals surface area contributed by atoms with Crippen molar-refractivity contribution >= 4 is 5.78 Å². The number of hydrogen-bond acceptors (Lipinski definition) is 3. The Balaban J connectivity index is 1.89. The van der Waals surface area contributed by atoms with Crippen LogP contribution >= 0.6 is 0 Å². The second-order valence-electron chi connectivity index (χ2n) is 7.02. The van der Waals surface area contributed by atoms with Gasteiger partial charge in [0.15, 0.2) is 5.78 Å². The van der Waals surface area contributed by atoms with Crippen molar-refractivity contribution in [1.29, 1.82) is 0 Å². The Labute approximate surface area is 130 Å². The van der Waals surface area contributed by atoms with Crippen molar-refractivity contribution in [2.24, 2.45) is 5.92 Å². The molecule has 0 radical (unpaired) electrons. The van der Waals surface area contributed by atoms with Gasteiger partial charge in [-0.15, -0.1) is 0 Å². The number of rotatable bonds is 2. The molecule has 22 heavy (non-hydrogen) atoms. The fraction of sp³-hybridized carbons (Fsp3) is 0.611. The molecule has 1 saturated heterocycles. The lowest BCUT2D eigenvalue weighted by molar-refractivity contribution is -0.00445. The molecule has 1 saturated carbocycles. The van der Waals surface area contributed by atoms with E-state index in [1.54, 1.807) is 12.1 Å². The number of phenols is 1. The van der Waals surface area contributed by atoms with Crippen LogP contribution < -0.4 is 0 Å². The number of carbonyl (C=O) groups excluding carboxylic acids is 1. The molecule has 3 atom stereocenters. The first kappa shape index (κ1) is 14.2. The van der Waals surface area contributed by atoms with E-state index >= 15 is 0 Å². The summed E-state index contributed by atoms with van der Waals surface area (Å²) in [5, 5.41) is 9.92. The van der Waals surface area contributed by atoms with Crippen LogP contribution in [-0.4, -0.2) is 41.6 Å². The Morgan fingerprint density at radius 3 is 3.00 bits per heavy atom. The highest BCUT2D eigenvalue weighted by Gasteiger charge is 2.56. The molecule has 0 unspecified atom stereocenters. The number of nitrogens with zero attached hydrogens (tertiary/aromatic N) is 1. The predicted molar refractivity (Wildman–Crippen MR) is 82.0 cm³/mol. The van der Waals surface area contributed by atoms with Crippen LogP contribution in [0.15, 0.2) is 18.2 Å². The number of alkyl halides is 1. The molecule has 1 aromatic carbocycles. The Kier molecular flexibility index (Phi) is 3.26. The molecule has 1 heterocycles. The largest absolute Gasteiger partial charge is 0.508 e. The summed E-state index contributed by atoms with van der Waals surface area (Å²) in [6.07, 6.45) is 5.41. The van der Waals surface area contributed by atoms with Crippen LogP contribution in [-0.2, 0) is 5.41 Å². The first-order valence-corrected chi connectivity index (χ1v) is 8.35. The minimum atomic E-state index is -0.397. The molecule has 1 aromatic rings. The van der Waals surface area contributed by atoms with Crippen molar-refractivity contribution in [2.75, 3.05) is 19.8 Å². The highest BCUT2D eigenvalue weighted by Crippen LogP contribution is 2.56. The van der Waals surface area contributed by atoms with Crippen LogP contribution in [0, 0.1) is 5.92 Å². The summed E-state index contributed by atoms with van der Waals surface area (Å²) in [5.74, 6) is 0.656. The van der Waals surface area contributed by atoms with E-state index in [4.69, 9.17) is 0 Å². The topological polar surface area (TPSA) is 40.5 Å². The quantitative estimate of drug-likeness (QED) is 0.913. The molecule has 2 bridgehead atoms. The number of aromatic hydroxyl groups is 1. The van der Waals surface area contributed by atoms with Gasteiger partial charge in [-0.1, -0.05) is 12.8 Å². The van der Waals surface area contributed by atoms with Crippen LogP contribution in [0.5, 0.6) is 5.75 Å². The van der Waals surface area contributed by atoms with Crippen molar-refractivity contribution < 1.29 is 14.3 Å². The van der Waals surface area contributed by atoms with Gasteiger partial charge >= 0.3 is 0 Å². The summed E-state index contributed by atoms with van der Waals surface area (Å²) in [6, 6.07) is 5.02. The number of Topliss-reactive ketones (excluding diaryl/α,β-unsaturated/α-hetero) is 1. The van der Waals surface area contributed by atoms with Crippen LogP contribution in [0.2, 0.25) is 0 Å². The number of halogens is 1. The minimum Gasteiger partial charge on any atom is -0.508 e. The third kappa shape index (κ3) is 1.79. The SMILES string of the molecule is O=C1c2ccc(O)cc2[C@]23CCCC[C@H]2[C@H]1N(CCF)CC3. The Bertz CT molecular complexity index is 617. The van der Waals surface area contributed by atoms with Gasteiger partial charge < -0.3 is 5.11 Å². The summed E-state index contributed by atoms with van der Waals surface area (Å²) < 4.78 is 12.9. The molecule has 3 aliphatic rings. The molecule has 0 spiro atoms. The van der Waals surface area contributed by atoms with Gasteiger partial charge in [-0.05, 0) is 55.5 Å². The average molecular weight is 303 g/mol. The smallest absolute Gasteiger partial charge is 0.180 e. The maximum absolute atomic E-state index is 13.0. The number of fused-ring (bicyclic) bond motifs is 1. The molecule has 0 amide bonds. The molecule has 2 aliphatic carbocycles. The molecule has 3 nitrogen and oxygen atoms in total. The Hall–Kier alpha value is -1.42. The maximum atomic E-state index is 13.0. The Morgan fingerprint density at radius 2 is 2.18 bits per heavy atom. The lowest BCUT2D eigenvalue weighted by atomic mass is 9.52. The zero-order valence-corrected chi connectivity index (χ0v) is 12.7. The number of phenolic OH excluding ortho intramolecular Hbond substituents is 1. The molecule has 1 aliphatic heterocycles. The molecule has 118 valence electrons. The molecular weight excluding hydrogens is 281 g/mol. The van der Waals surface area contributed by atoms with E-state index in [9.17, 15) is 14.3 Å². The first-order valence-electron chi connectivity index (χ1n) is 8.35. The molecular formula is C18H22FNO2. The molecule has 2 fully saturated rings. The summed E-state index contributed by atoms with van der Waals surface area (Å²) in [6.45, 7) is 0.744. The van der Waals surface area contributed by atoms with Crippen molar-refractivity contribution in [3.8, 4) is 5.75 Å². The molecule has 0 aromatic heterocycles. The minimum absolute atomic E-state index is 0.0116. The third-order valence-electron chi connectivity index (χ3n) is 6.16. The van der Waals surface area contributed by atoms with Gasteiger partial charge in [0.1, 0.15) is 12.4 Å². The highest BCUT2D eigenvalue weighted by molar-refractivity contribution is 6.03. The summed E-state index contributed by atoms with van der Waals surface area (Å²) in [4.78, 5) is 15.1. The average Bonchev–Trinajstić information content (AvgIpc) is 2.53. The lowest BCUT2D eigenvalue weighted by Gasteiger charge is -2.58. The van der Waals surface area contributed by atoms with Crippen LogP contribution in [0.4, 0.5) is 4.39 Å². The first-order chi connectivity index (χ1) is 10.7. The monoisotopic (exact) mass is 303 g/mol. The Morgan fingerprint density at radius 1 is 1.32 bits per heavy atom. The molecule has 1 N–H and O–H groups in total. The van der Waals surface area contributed by atoms with Gasteiger partial charge in [-0.25, -0.2) is 4.39 Å². The van der Waals surface area contributed by atoms with E-state index in [1.807, 2.05) is 6.07 Å². The van der Waals surface area contributed by atoms with Gasteiger partial charge in [-0.3, -0.25) is 9.69 Å². The van der Waals surface area contributed by atoms with Crippen LogP contribution in [0.1, 0.15) is 48.0 Å². The number of benzene rings is 1. The van der Waals surface area contributed by atoms with Crippen molar-refractivity contribution in [3.05, 3.63) is 29.3 Å². The molecule has 4 heteroatoms. The fourth-order valence-corrected chi connectivity index (χ4v) is 5.27. The summed E-state index contributed by atoms with van der Waals surface area (Å²) in [7, 11) is 0. The number of ketones is 1. The highest BCUT2D eigenvalue weighted by atomic mass is 19.1. The van der Waals surface area contributed by atoms with Crippen molar-refractivity contribution in [1.82, 2.24) is 4.90 Å². The molecule has 4 rings (SSSR count). The second kappa shape index (κ2) is 5.05. The van der Waals surface area contributed by atoms with E-state index in [1.165, 1.54) is 6.42 Å². The van der Waals surface area contributed by atoms with E-state index in [-0.39, 0.29) is 28.9 Å². The lowest BCUT2D eigenvalue weighted by Crippen LogP contribution is -2.63. The number of likely N-dealkylation sites (tertiary alicyclic amines) is 1. The van der Waals surface area contributed by atoms with Crippen molar-refractivity contribution in [2.45, 2.75) is 43.6 Å². The van der Waals surface area contributed by atoms with E-state index in [0.717, 1.165) is 43.4 Å². The van der Waals surface area contributed by atoms with Gasteiger partial charge in [0.25, 0.3) is 0 Å². The predicted octanol–water partition coefficient (Wildman–Crippen LogP) is 3.06. The summed E-state index contributed by atoms with van der Waals surface area (Å²) >= 11 is 0. The van der Waals surface area contributed by atoms with Crippen molar-refractivity contribution in [3.63, 3.8) is 0 Å². The zero-order chi connectivity index (χ0) is 15.3. The summed E-state index contributed by atoms with van der Waals surface area (Å²) in [5.41, 5.74) is 1.82. The van der Waals surface area contributed by atoms with Gasteiger partial charge in [0.05, 0.1) is 6.04 Å². The van der Waals surface area contributed by atoms with E-state index in [2.05, 4.69) is 4.90 Å². The second-order valence-corrected chi connectivity index (χ2v) is 7.02. The fourth-order valence-electron chi connectivity index (χ4n) is 5.27. The number of hydrogen-bond donors (Lipinski definition) is 1. The van der Waals surface area contributed by atoms with E-state index < -0.39 is 6.67 Å². The van der Waals surface area contributed by atoms with Crippen LogP contribution in [0.3, 0.4) is 0 Å². The van der Waals surface area contributed by atoms with Gasteiger partial charge in [0, 0.05) is 17.5 Å². The normalized spacial score (nSPS) is 34.1.